The molecule has 2 rings (SSSR count). The second-order valence-electron chi connectivity index (χ2n) is 3.82. The van der Waals surface area contributed by atoms with E-state index in [4.69, 9.17) is 9.15 Å². The SMILES string of the molecule is C=C(C)CSc1nnc(-c2ccccc2OC)o1. The lowest BCUT2D eigenvalue weighted by atomic mass is 10.2. The molecular weight excluding hydrogens is 248 g/mol. The smallest absolute Gasteiger partial charge is 0.277 e. The standard InChI is InChI=1S/C13H14N2O2S/c1-9(2)8-18-13-15-14-12(17-13)10-6-4-5-7-11(10)16-3/h4-7H,1,8H2,2-3H3. The second kappa shape index (κ2) is 5.73. The van der Waals surface area contributed by atoms with Crippen LogP contribution in [0.25, 0.3) is 11.5 Å². The summed E-state index contributed by atoms with van der Waals surface area (Å²) >= 11 is 1.48. The first-order valence-corrected chi connectivity index (χ1v) is 6.43. The van der Waals surface area contributed by atoms with Crippen LogP contribution in [0.1, 0.15) is 6.92 Å². The van der Waals surface area contributed by atoms with Crippen molar-refractivity contribution in [3.8, 4) is 17.2 Å². The predicted octanol–water partition coefficient (Wildman–Crippen LogP) is 3.41. The van der Waals surface area contributed by atoms with Crippen LogP contribution in [0.4, 0.5) is 0 Å². The number of rotatable bonds is 5. The molecule has 0 fully saturated rings. The molecule has 0 radical (unpaired) electrons. The van der Waals surface area contributed by atoms with Gasteiger partial charge in [0.2, 0.25) is 0 Å². The minimum atomic E-state index is 0.469. The summed E-state index contributed by atoms with van der Waals surface area (Å²) in [4.78, 5) is 0. The van der Waals surface area contributed by atoms with Gasteiger partial charge in [0.25, 0.3) is 11.1 Å². The molecule has 0 unspecified atom stereocenters. The van der Waals surface area contributed by atoms with E-state index < -0.39 is 0 Å². The minimum Gasteiger partial charge on any atom is -0.496 e. The van der Waals surface area contributed by atoms with Crippen molar-refractivity contribution in [1.29, 1.82) is 0 Å². The topological polar surface area (TPSA) is 48.2 Å². The van der Waals surface area contributed by atoms with Crippen LogP contribution in [-0.4, -0.2) is 23.1 Å². The van der Waals surface area contributed by atoms with Crippen molar-refractivity contribution in [1.82, 2.24) is 10.2 Å². The maximum Gasteiger partial charge on any atom is 0.277 e. The lowest BCUT2D eigenvalue weighted by Gasteiger charge is -2.03. The summed E-state index contributed by atoms with van der Waals surface area (Å²) in [6, 6.07) is 7.55. The molecule has 18 heavy (non-hydrogen) atoms. The van der Waals surface area contributed by atoms with Gasteiger partial charge in [0.15, 0.2) is 0 Å². The van der Waals surface area contributed by atoms with E-state index in [1.807, 2.05) is 31.2 Å². The van der Waals surface area contributed by atoms with Gasteiger partial charge in [-0.15, -0.1) is 10.2 Å². The number of nitrogens with zero attached hydrogens (tertiary/aromatic N) is 2. The number of aromatic nitrogens is 2. The highest BCUT2D eigenvalue weighted by molar-refractivity contribution is 7.99. The van der Waals surface area contributed by atoms with Gasteiger partial charge in [0, 0.05) is 5.75 Å². The van der Waals surface area contributed by atoms with E-state index in [1.54, 1.807) is 7.11 Å². The van der Waals surface area contributed by atoms with Gasteiger partial charge in [-0.25, -0.2) is 0 Å². The van der Waals surface area contributed by atoms with E-state index in [9.17, 15) is 0 Å². The molecule has 0 amide bonds. The van der Waals surface area contributed by atoms with Gasteiger partial charge in [-0.1, -0.05) is 36.0 Å². The van der Waals surface area contributed by atoms with Gasteiger partial charge >= 0.3 is 0 Å². The number of methoxy groups -OCH3 is 1. The van der Waals surface area contributed by atoms with Crippen molar-refractivity contribution in [3.63, 3.8) is 0 Å². The van der Waals surface area contributed by atoms with Crippen LogP contribution in [0.5, 0.6) is 5.75 Å². The van der Waals surface area contributed by atoms with Crippen LogP contribution in [0, 0.1) is 0 Å². The Morgan fingerprint density at radius 1 is 1.39 bits per heavy atom. The summed E-state index contributed by atoms with van der Waals surface area (Å²) in [6.07, 6.45) is 0. The van der Waals surface area contributed by atoms with E-state index >= 15 is 0 Å². The molecule has 0 atom stereocenters. The molecule has 4 nitrogen and oxygen atoms in total. The van der Waals surface area contributed by atoms with E-state index in [0.717, 1.165) is 22.6 Å². The van der Waals surface area contributed by atoms with Crippen molar-refractivity contribution in [3.05, 3.63) is 36.4 Å². The lowest BCUT2D eigenvalue weighted by Crippen LogP contribution is -1.87. The Hall–Kier alpha value is -1.75. The zero-order valence-electron chi connectivity index (χ0n) is 10.3. The fourth-order valence-corrected chi connectivity index (χ4v) is 1.99. The summed E-state index contributed by atoms with van der Waals surface area (Å²) in [5.41, 5.74) is 1.87. The molecular formula is C13H14N2O2S. The quantitative estimate of drug-likeness (QED) is 0.610. The molecule has 0 aliphatic rings. The zero-order valence-corrected chi connectivity index (χ0v) is 11.2. The van der Waals surface area contributed by atoms with Crippen LogP contribution in [0.2, 0.25) is 0 Å². The number of thioether (sulfide) groups is 1. The average molecular weight is 262 g/mol. The average Bonchev–Trinajstić information content (AvgIpc) is 2.85. The molecule has 1 aromatic heterocycles. The minimum absolute atomic E-state index is 0.469. The van der Waals surface area contributed by atoms with Gasteiger partial charge in [-0.05, 0) is 19.1 Å². The molecule has 0 spiro atoms. The molecule has 0 bridgehead atoms. The normalized spacial score (nSPS) is 10.3. The molecule has 2 aromatic rings. The third-order valence-corrected chi connectivity index (χ3v) is 3.23. The molecule has 94 valence electrons. The van der Waals surface area contributed by atoms with E-state index in [1.165, 1.54) is 11.8 Å². The van der Waals surface area contributed by atoms with Crippen molar-refractivity contribution >= 4 is 11.8 Å². The van der Waals surface area contributed by atoms with Gasteiger partial charge in [-0.3, -0.25) is 0 Å². The van der Waals surface area contributed by atoms with E-state index in [0.29, 0.717) is 11.1 Å². The summed E-state index contributed by atoms with van der Waals surface area (Å²) < 4.78 is 10.8. The van der Waals surface area contributed by atoms with Crippen molar-refractivity contribution < 1.29 is 9.15 Å². The van der Waals surface area contributed by atoms with Gasteiger partial charge < -0.3 is 9.15 Å². The maximum atomic E-state index is 5.58. The van der Waals surface area contributed by atoms with Gasteiger partial charge in [0.1, 0.15) is 5.75 Å². The highest BCUT2D eigenvalue weighted by atomic mass is 32.2. The molecule has 0 aliphatic heterocycles. The molecule has 0 saturated carbocycles. The van der Waals surface area contributed by atoms with Crippen LogP contribution in [-0.2, 0) is 0 Å². The molecule has 5 heteroatoms. The predicted molar refractivity (Wildman–Crippen MR) is 71.8 cm³/mol. The van der Waals surface area contributed by atoms with E-state index in [2.05, 4.69) is 16.8 Å². The fraction of sp³-hybridized carbons (Fsp3) is 0.231. The molecule has 1 heterocycles. The largest absolute Gasteiger partial charge is 0.496 e. The Balaban J connectivity index is 2.21. The highest BCUT2D eigenvalue weighted by Crippen LogP contribution is 2.30. The number of para-hydroxylation sites is 1. The van der Waals surface area contributed by atoms with Crippen molar-refractivity contribution in [2.75, 3.05) is 12.9 Å². The monoisotopic (exact) mass is 262 g/mol. The Kier molecular flexibility index (Phi) is 4.04. The Morgan fingerprint density at radius 3 is 2.89 bits per heavy atom. The summed E-state index contributed by atoms with van der Waals surface area (Å²) in [5.74, 6) is 1.96. The van der Waals surface area contributed by atoms with Crippen LogP contribution in [0.15, 0.2) is 46.1 Å². The third kappa shape index (κ3) is 2.92. The lowest BCUT2D eigenvalue weighted by molar-refractivity contribution is 0.411. The number of hydrogen-bond donors (Lipinski definition) is 0. The number of hydrogen-bond acceptors (Lipinski definition) is 5. The third-order valence-electron chi connectivity index (χ3n) is 2.19. The molecule has 0 aliphatic carbocycles. The second-order valence-corrected chi connectivity index (χ2v) is 4.75. The molecule has 0 saturated heterocycles. The molecule has 0 N–H and O–H groups in total. The Bertz CT molecular complexity index is 551. The summed E-state index contributed by atoms with van der Waals surface area (Å²) in [6.45, 7) is 5.79. The van der Waals surface area contributed by atoms with Gasteiger partial charge in [0.05, 0.1) is 12.7 Å². The van der Waals surface area contributed by atoms with Crippen molar-refractivity contribution in [2.24, 2.45) is 0 Å². The van der Waals surface area contributed by atoms with Crippen LogP contribution < -0.4 is 4.74 Å². The molecule has 1 aromatic carbocycles. The van der Waals surface area contributed by atoms with E-state index in [-0.39, 0.29) is 0 Å². The summed E-state index contributed by atoms with van der Waals surface area (Å²) in [7, 11) is 1.62. The van der Waals surface area contributed by atoms with Crippen LogP contribution in [0.3, 0.4) is 0 Å². The first kappa shape index (κ1) is 12.7. The highest BCUT2D eigenvalue weighted by Gasteiger charge is 2.12. The number of ether oxygens (including phenoxy) is 1. The first-order valence-electron chi connectivity index (χ1n) is 5.45. The Morgan fingerprint density at radius 2 is 2.17 bits per heavy atom. The first-order chi connectivity index (χ1) is 8.70. The van der Waals surface area contributed by atoms with Gasteiger partial charge in [-0.2, -0.15) is 0 Å². The van der Waals surface area contributed by atoms with Crippen molar-refractivity contribution in [2.45, 2.75) is 12.1 Å². The number of benzene rings is 1. The Labute approximate surface area is 110 Å². The fourth-order valence-electron chi connectivity index (χ4n) is 1.38. The summed E-state index contributed by atoms with van der Waals surface area (Å²) in [5, 5.41) is 8.56. The zero-order chi connectivity index (χ0) is 13.0. The maximum absolute atomic E-state index is 5.58. The van der Waals surface area contributed by atoms with Crippen LogP contribution >= 0.6 is 11.8 Å².